The molecular formula is C30H38IN3. The molecule has 0 aliphatic heterocycles. The zero-order valence-corrected chi connectivity index (χ0v) is 23.6. The van der Waals surface area contributed by atoms with Gasteiger partial charge in [-0.1, -0.05) is 0 Å². The Hall–Kier alpha value is -2.34. The minimum atomic E-state index is 0.0638. The van der Waals surface area contributed by atoms with E-state index in [1.54, 1.807) is 0 Å². The number of aromatic nitrogens is 2. The minimum absolute atomic E-state index is 0.0638. The number of alkyl halides is 2. The van der Waals surface area contributed by atoms with Crippen LogP contribution in [0, 0.1) is 0 Å². The van der Waals surface area contributed by atoms with E-state index in [9.17, 15) is 0 Å². The predicted molar refractivity (Wildman–Crippen MR) is 141 cm³/mol. The third-order valence-corrected chi connectivity index (χ3v) is 7.91. The quantitative estimate of drug-likeness (QED) is 0.169. The summed E-state index contributed by atoms with van der Waals surface area (Å²) in [6.45, 7) is 13.4. The molecule has 4 rings (SSSR count). The van der Waals surface area contributed by atoms with Crippen molar-refractivity contribution in [2.45, 2.75) is 57.6 Å². The fourth-order valence-electron chi connectivity index (χ4n) is 4.92. The van der Waals surface area contributed by atoms with E-state index in [0.29, 0.717) is 11.8 Å². The maximum atomic E-state index is 2.59. The SMILES string of the molecule is CCN(c1c(C(C)C)cccc1C(C)C)c1ccc2ccn(Cc3ccccc3)c2[n+]1C[I-]C. The molecule has 3 nitrogen and oxygen atoms in total. The molecule has 34 heavy (non-hydrogen) atoms. The Morgan fingerprint density at radius 2 is 1.53 bits per heavy atom. The van der Waals surface area contributed by atoms with E-state index in [1.807, 2.05) is 0 Å². The monoisotopic (exact) mass is 567 g/mol. The Balaban J connectivity index is 1.93. The van der Waals surface area contributed by atoms with Gasteiger partial charge in [0, 0.05) is 0 Å². The van der Waals surface area contributed by atoms with Gasteiger partial charge in [0.1, 0.15) is 0 Å². The standard InChI is InChI=1S/C30H38IN3/c1-7-33(29-26(22(2)3)14-11-15-27(29)23(4)5)28-17-16-25-18-19-32(30(25)34(28)21-31-6)20-24-12-9-8-10-13-24/h8-19,22-23H,7,20-21H2,1-6H3. The van der Waals surface area contributed by atoms with Crippen LogP contribution in [0.2, 0.25) is 0 Å². The van der Waals surface area contributed by atoms with Gasteiger partial charge >= 0.3 is 216 Å². The fraction of sp³-hybridized carbons (Fsp3) is 0.367. The average molecular weight is 568 g/mol. The normalized spacial score (nSPS) is 11.8. The van der Waals surface area contributed by atoms with Gasteiger partial charge in [-0.25, -0.2) is 0 Å². The van der Waals surface area contributed by atoms with E-state index in [1.165, 1.54) is 39.2 Å². The van der Waals surface area contributed by atoms with Gasteiger partial charge in [0.2, 0.25) is 0 Å². The summed E-state index contributed by atoms with van der Waals surface area (Å²) in [5.74, 6) is 2.25. The van der Waals surface area contributed by atoms with Crippen molar-refractivity contribution in [2.75, 3.05) is 16.4 Å². The van der Waals surface area contributed by atoms with E-state index in [2.05, 4.69) is 127 Å². The summed E-state index contributed by atoms with van der Waals surface area (Å²) in [6.07, 6.45) is 2.25. The van der Waals surface area contributed by atoms with Crippen molar-refractivity contribution in [3.05, 3.63) is 89.6 Å². The number of nitrogens with zero attached hydrogens (tertiary/aromatic N) is 3. The molecule has 0 N–H and O–H groups in total. The van der Waals surface area contributed by atoms with Crippen molar-refractivity contribution >= 4 is 22.5 Å². The molecule has 0 radical (unpaired) electrons. The number of anilines is 2. The van der Waals surface area contributed by atoms with Gasteiger partial charge in [0.15, 0.2) is 0 Å². The number of halogens is 1. The number of pyridine rings is 1. The molecule has 0 bridgehead atoms. The topological polar surface area (TPSA) is 12.1 Å². The van der Waals surface area contributed by atoms with Crippen LogP contribution in [-0.4, -0.2) is 16.0 Å². The Morgan fingerprint density at radius 3 is 2.12 bits per heavy atom. The van der Waals surface area contributed by atoms with Crippen LogP contribution in [0.4, 0.5) is 11.5 Å². The van der Waals surface area contributed by atoms with Gasteiger partial charge < -0.3 is 0 Å². The van der Waals surface area contributed by atoms with Gasteiger partial charge in [-0.15, -0.1) is 0 Å². The molecule has 0 fully saturated rings. The first kappa shape index (κ1) is 24.8. The number of fused-ring (bicyclic) bond motifs is 1. The Bertz CT molecular complexity index is 1210. The Kier molecular flexibility index (Phi) is 7.97. The first-order chi connectivity index (χ1) is 16.5. The predicted octanol–water partition coefficient (Wildman–Crippen LogP) is 4.06. The Morgan fingerprint density at radius 1 is 0.853 bits per heavy atom. The summed E-state index contributed by atoms with van der Waals surface area (Å²) in [6, 6.07) is 24.6. The van der Waals surface area contributed by atoms with E-state index in [0.717, 1.165) is 17.6 Å². The summed E-state index contributed by atoms with van der Waals surface area (Å²) >= 11 is 0.0638. The van der Waals surface area contributed by atoms with E-state index >= 15 is 0 Å². The molecule has 4 heteroatoms. The number of para-hydroxylation sites is 1. The van der Waals surface area contributed by atoms with Crippen LogP contribution >= 0.6 is 0 Å². The molecule has 0 spiro atoms. The van der Waals surface area contributed by atoms with Gasteiger partial charge in [-0.2, -0.15) is 0 Å². The maximum absolute atomic E-state index is 2.59. The molecule has 0 saturated heterocycles. The van der Waals surface area contributed by atoms with Crippen LogP contribution in [0.15, 0.2) is 72.9 Å². The van der Waals surface area contributed by atoms with Crippen molar-refractivity contribution in [3.63, 3.8) is 0 Å². The van der Waals surface area contributed by atoms with E-state index in [4.69, 9.17) is 0 Å². The molecule has 0 aliphatic carbocycles. The summed E-state index contributed by atoms with van der Waals surface area (Å²) in [4.78, 5) is 4.96. The molecule has 0 atom stereocenters. The molecule has 180 valence electrons. The van der Waals surface area contributed by atoms with Gasteiger partial charge in [-0.05, 0) is 0 Å². The van der Waals surface area contributed by atoms with Crippen LogP contribution < -0.4 is 30.7 Å². The van der Waals surface area contributed by atoms with Gasteiger partial charge in [-0.3, -0.25) is 0 Å². The zero-order valence-electron chi connectivity index (χ0n) is 21.4. The van der Waals surface area contributed by atoms with Gasteiger partial charge in [0.25, 0.3) is 0 Å². The number of benzene rings is 2. The second-order valence-electron chi connectivity index (χ2n) is 9.55. The first-order valence-electron chi connectivity index (χ1n) is 12.4. The molecule has 0 aliphatic rings. The van der Waals surface area contributed by atoms with E-state index < -0.39 is 0 Å². The second-order valence-corrected chi connectivity index (χ2v) is 11.8. The number of hydrogen-bond donors (Lipinski definition) is 0. The van der Waals surface area contributed by atoms with Crippen molar-refractivity contribution in [3.8, 4) is 0 Å². The summed E-state index contributed by atoms with van der Waals surface area (Å²) in [5.41, 5.74) is 6.94. The third kappa shape index (κ3) is 4.88. The van der Waals surface area contributed by atoms with Crippen LogP contribution in [-0.2, 0) is 11.1 Å². The number of rotatable bonds is 9. The molecule has 2 aromatic carbocycles. The van der Waals surface area contributed by atoms with Crippen LogP contribution in [0.3, 0.4) is 0 Å². The van der Waals surface area contributed by atoms with Crippen molar-refractivity contribution in [2.24, 2.45) is 0 Å². The summed E-state index contributed by atoms with van der Waals surface area (Å²) in [5, 5.41) is 1.31. The molecule has 0 unspecified atom stereocenters. The molecule has 0 amide bonds. The Labute approximate surface area is 215 Å². The zero-order chi connectivity index (χ0) is 24.2. The molecule has 2 heterocycles. The first-order valence-corrected chi connectivity index (χ1v) is 16.0. The summed E-state index contributed by atoms with van der Waals surface area (Å²) < 4.78 is 6.12. The van der Waals surface area contributed by atoms with Crippen molar-refractivity contribution in [1.82, 2.24) is 4.57 Å². The third-order valence-electron chi connectivity index (χ3n) is 6.55. The molecule has 2 aromatic heterocycles. The summed E-state index contributed by atoms with van der Waals surface area (Å²) in [7, 11) is 0. The second kappa shape index (κ2) is 10.9. The molecule has 4 aromatic rings. The van der Waals surface area contributed by atoms with Gasteiger partial charge in [0.05, 0.1) is 0 Å². The van der Waals surface area contributed by atoms with Crippen molar-refractivity contribution in [1.29, 1.82) is 0 Å². The van der Waals surface area contributed by atoms with Crippen LogP contribution in [0.25, 0.3) is 11.0 Å². The number of hydrogen-bond acceptors (Lipinski definition) is 1. The average Bonchev–Trinajstić information content (AvgIpc) is 3.24. The fourth-order valence-corrected chi connectivity index (χ4v) is 6.28. The van der Waals surface area contributed by atoms with Crippen LogP contribution in [0.1, 0.15) is 63.1 Å². The molecule has 0 saturated carbocycles. The van der Waals surface area contributed by atoms with Crippen molar-refractivity contribution < 1.29 is 25.8 Å². The van der Waals surface area contributed by atoms with E-state index in [-0.39, 0.29) is 21.2 Å². The molecular weight excluding hydrogens is 529 g/mol. The van der Waals surface area contributed by atoms with Crippen LogP contribution in [0.5, 0.6) is 0 Å².